The van der Waals surface area contributed by atoms with Gasteiger partial charge >= 0.3 is 0 Å². The third-order valence-electron chi connectivity index (χ3n) is 2.54. The zero-order valence-corrected chi connectivity index (χ0v) is 10.1. The van der Waals surface area contributed by atoms with E-state index in [1.165, 1.54) is 0 Å². The molecule has 6 heteroatoms. The van der Waals surface area contributed by atoms with Gasteiger partial charge in [-0.25, -0.2) is 8.42 Å². The van der Waals surface area contributed by atoms with E-state index in [1.807, 2.05) is 7.05 Å². The van der Waals surface area contributed by atoms with Gasteiger partial charge < -0.3 is 9.80 Å². The van der Waals surface area contributed by atoms with Gasteiger partial charge in [0, 0.05) is 38.9 Å². The van der Waals surface area contributed by atoms with E-state index in [0.717, 1.165) is 19.3 Å². The molecule has 1 aliphatic heterocycles. The van der Waals surface area contributed by atoms with Crippen LogP contribution >= 0.6 is 0 Å². The third-order valence-corrected chi connectivity index (χ3v) is 3.49. The van der Waals surface area contributed by atoms with Crippen LogP contribution < -0.4 is 0 Å². The predicted molar refractivity (Wildman–Crippen MR) is 58.4 cm³/mol. The van der Waals surface area contributed by atoms with Gasteiger partial charge in [-0.05, 0) is 7.05 Å². The Morgan fingerprint density at radius 2 is 1.73 bits per heavy atom. The maximum atomic E-state index is 11.6. The van der Waals surface area contributed by atoms with Gasteiger partial charge in [-0.1, -0.05) is 0 Å². The number of amides is 1. The van der Waals surface area contributed by atoms with Crippen LogP contribution in [0.25, 0.3) is 0 Å². The molecule has 0 unspecified atom stereocenters. The summed E-state index contributed by atoms with van der Waals surface area (Å²) in [5, 5.41) is 0. The van der Waals surface area contributed by atoms with Crippen LogP contribution in [0.1, 0.15) is 6.42 Å². The molecule has 15 heavy (non-hydrogen) atoms. The lowest BCUT2D eigenvalue weighted by atomic mass is 10.3. The molecule has 1 rings (SSSR count). The normalized spacial score (nSPS) is 19.2. The first-order chi connectivity index (χ1) is 6.88. The molecule has 0 spiro atoms. The molecule has 0 aromatic rings. The summed E-state index contributed by atoms with van der Waals surface area (Å²) < 4.78 is 21.8. The molecule has 5 nitrogen and oxygen atoms in total. The molecule has 0 bridgehead atoms. The Kier molecular flexibility index (Phi) is 4.10. The van der Waals surface area contributed by atoms with Gasteiger partial charge in [0.05, 0.1) is 5.75 Å². The van der Waals surface area contributed by atoms with Crippen LogP contribution in [0, 0.1) is 0 Å². The lowest BCUT2D eigenvalue weighted by Gasteiger charge is -2.32. The highest BCUT2D eigenvalue weighted by Crippen LogP contribution is 2.02. The molecule has 0 saturated carbocycles. The van der Waals surface area contributed by atoms with Crippen molar-refractivity contribution >= 4 is 15.7 Å². The SMILES string of the molecule is CN1CCN(C(=O)CCS(C)(=O)=O)CC1. The van der Waals surface area contributed by atoms with E-state index in [4.69, 9.17) is 0 Å². The Morgan fingerprint density at radius 3 is 2.20 bits per heavy atom. The zero-order valence-electron chi connectivity index (χ0n) is 9.27. The van der Waals surface area contributed by atoms with Crippen LogP contribution in [0.5, 0.6) is 0 Å². The molecule has 0 radical (unpaired) electrons. The van der Waals surface area contributed by atoms with Crippen molar-refractivity contribution in [1.29, 1.82) is 0 Å². The Morgan fingerprint density at radius 1 is 1.20 bits per heavy atom. The molecule has 1 amide bonds. The lowest BCUT2D eigenvalue weighted by Crippen LogP contribution is -2.47. The van der Waals surface area contributed by atoms with Crippen LogP contribution in [-0.2, 0) is 14.6 Å². The number of rotatable bonds is 3. The van der Waals surface area contributed by atoms with Crippen molar-refractivity contribution in [2.45, 2.75) is 6.42 Å². The summed E-state index contributed by atoms with van der Waals surface area (Å²) in [6, 6.07) is 0. The van der Waals surface area contributed by atoms with Crippen molar-refractivity contribution in [3.63, 3.8) is 0 Å². The standard InChI is InChI=1S/C9H18N2O3S/c1-10-4-6-11(7-5-10)9(12)3-8-15(2,13)14/h3-8H2,1-2H3. The van der Waals surface area contributed by atoms with Gasteiger partial charge in [0.25, 0.3) is 0 Å². The largest absolute Gasteiger partial charge is 0.340 e. The smallest absolute Gasteiger partial charge is 0.223 e. The summed E-state index contributed by atoms with van der Waals surface area (Å²) in [7, 11) is -1.01. The van der Waals surface area contributed by atoms with Gasteiger partial charge in [-0.15, -0.1) is 0 Å². The highest BCUT2D eigenvalue weighted by Gasteiger charge is 2.19. The van der Waals surface area contributed by atoms with Gasteiger partial charge in [-0.2, -0.15) is 0 Å². The first-order valence-corrected chi connectivity index (χ1v) is 7.08. The number of carbonyl (C=O) groups is 1. The summed E-state index contributed by atoms with van der Waals surface area (Å²) >= 11 is 0. The fraction of sp³-hybridized carbons (Fsp3) is 0.889. The minimum Gasteiger partial charge on any atom is -0.340 e. The van der Waals surface area contributed by atoms with Gasteiger partial charge in [0.2, 0.25) is 5.91 Å². The maximum Gasteiger partial charge on any atom is 0.223 e. The van der Waals surface area contributed by atoms with Crippen molar-refractivity contribution in [1.82, 2.24) is 9.80 Å². The first-order valence-electron chi connectivity index (χ1n) is 5.02. The average molecular weight is 234 g/mol. The third kappa shape index (κ3) is 4.61. The van der Waals surface area contributed by atoms with Crippen molar-refractivity contribution < 1.29 is 13.2 Å². The van der Waals surface area contributed by atoms with E-state index in [-0.39, 0.29) is 18.1 Å². The average Bonchev–Trinajstić information content (AvgIpc) is 2.14. The Hall–Kier alpha value is -0.620. The molecule has 0 N–H and O–H groups in total. The first kappa shape index (κ1) is 12.4. The molecule has 0 aromatic heterocycles. The van der Waals surface area contributed by atoms with Crippen LogP contribution in [0.4, 0.5) is 0 Å². The number of sulfone groups is 1. The summed E-state index contributed by atoms with van der Waals surface area (Å²) in [6.07, 6.45) is 1.27. The van der Waals surface area contributed by atoms with Crippen LogP contribution in [0.2, 0.25) is 0 Å². The van der Waals surface area contributed by atoms with Crippen molar-refractivity contribution in [3.05, 3.63) is 0 Å². The highest BCUT2D eigenvalue weighted by molar-refractivity contribution is 7.90. The highest BCUT2D eigenvalue weighted by atomic mass is 32.2. The molecule has 1 saturated heterocycles. The van der Waals surface area contributed by atoms with Gasteiger partial charge in [0.15, 0.2) is 0 Å². The quantitative estimate of drug-likeness (QED) is 0.641. The van der Waals surface area contributed by atoms with Crippen molar-refractivity contribution in [2.24, 2.45) is 0 Å². The molecule has 1 heterocycles. The number of likely N-dealkylation sites (N-methyl/N-ethyl adjacent to an activating group) is 1. The summed E-state index contributed by atoms with van der Waals surface area (Å²) in [5.74, 6) is -0.0911. The van der Waals surface area contributed by atoms with E-state index in [9.17, 15) is 13.2 Å². The summed E-state index contributed by atoms with van der Waals surface area (Å²) in [4.78, 5) is 15.5. The number of hydrogen-bond acceptors (Lipinski definition) is 4. The van der Waals surface area contributed by atoms with Crippen LogP contribution in [0.15, 0.2) is 0 Å². The number of carbonyl (C=O) groups excluding carboxylic acids is 1. The molecule has 0 atom stereocenters. The number of piperazine rings is 1. The fourth-order valence-electron chi connectivity index (χ4n) is 1.49. The lowest BCUT2D eigenvalue weighted by molar-refractivity contribution is -0.132. The minimum atomic E-state index is -3.03. The molecule has 1 aliphatic rings. The van der Waals surface area contributed by atoms with E-state index >= 15 is 0 Å². The summed E-state index contributed by atoms with van der Waals surface area (Å²) in [5.41, 5.74) is 0. The van der Waals surface area contributed by atoms with E-state index in [0.29, 0.717) is 13.1 Å². The van der Waals surface area contributed by atoms with E-state index in [2.05, 4.69) is 4.90 Å². The molecule has 1 fully saturated rings. The minimum absolute atomic E-state index is 0.0435. The summed E-state index contributed by atoms with van der Waals surface area (Å²) in [6.45, 7) is 3.15. The predicted octanol–water partition coefficient (Wildman–Crippen LogP) is -0.805. The van der Waals surface area contributed by atoms with Crippen LogP contribution in [-0.4, -0.2) is 69.4 Å². The molecular formula is C9H18N2O3S. The topological polar surface area (TPSA) is 57.7 Å². The zero-order chi connectivity index (χ0) is 11.5. The van der Waals surface area contributed by atoms with Gasteiger partial charge in [-0.3, -0.25) is 4.79 Å². The Bertz CT molecular complexity index is 318. The second kappa shape index (κ2) is 4.94. The molecular weight excluding hydrogens is 216 g/mol. The maximum absolute atomic E-state index is 11.6. The molecule has 0 aromatic carbocycles. The van der Waals surface area contributed by atoms with Crippen LogP contribution in [0.3, 0.4) is 0 Å². The Labute approximate surface area is 91.0 Å². The molecule has 88 valence electrons. The monoisotopic (exact) mass is 234 g/mol. The number of hydrogen-bond donors (Lipinski definition) is 0. The number of nitrogens with zero attached hydrogens (tertiary/aromatic N) is 2. The van der Waals surface area contributed by atoms with E-state index < -0.39 is 9.84 Å². The molecule has 0 aliphatic carbocycles. The fourth-order valence-corrected chi connectivity index (χ4v) is 2.03. The van der Waals surface area contributed by atoms with Gasteiger partial charge in [0.1, 0.15) is 9.84 Å². The van der Waals surface area contributed by atoms with Crippen molar-refractivity contribution in [3.8, 4) is 0 Å². The van der Waals surface area contributed by atoms with E-state index in [1.54, 1.807) is 4.90 Å². The Balaban J connectivity index is 2.35. The second-order valence-electron chi connectivity index (χ2n) is 4.06. The second-order valence-corrected chi connectivity index (χ2v) is 6.32. The van der Waals surface area contributed by atoms with Crippen molar-refractivity contribution in [2.75, 3.05) is 45.2 Å².